The molecule has 106 valence electrons. The SMILES string of the molecule is Cc1c(COC(=O)CN)c(=O)n(-c2ccccc2)n1C. The Morgan fingerprint density at radius 2 is 1.95 bits per heavy atom. The van der Waals surface area contributed by atoms with Crippen molar-refractivity contribution in [2.45, 2.75) is 13.5 Å². The third-order valence-corrected chi connectivity index (χ3v) is 3.22. The topological polar surface area (TPSA) is 79.2 Å². The average Bonchev–Trinajstić information content (AvgIpc) is 2.68. The number of benzene rings is 1. The zero-order chi connectivity index (χ0) is 14.7. The van der Waals surface area contributed by atoms with Crippen LogP contribution in [0, 0.1) is 6.92 Å². The van der Waals surface area contributed by atoms with E-state index in [1.54, 1.807) is 16.4 Å². The third kappa shape index (κ3) is 2.50. The van der Waals surface area contributed by atoms with Crippen molar-refractivity contribution in [3.8, 4) is 5.69 Å². The predicted octanol–water partition coefficient (Wildman–Crippen LogP) is 0.486. The second kappa shape index (κ2) is 5.75. The molecule has 0 saturated heterocycles. The maximum absolute atomic E-state index is 12.4. The summed E-state index contributed by atoms with van der Waals surface area (Å²) in [6, 6.07) is 9.29. The first-order valence-corrected chi connectivity index (χ1v) is 6.25. The first kappa shape index (κ1) is 14.1. The molecule has 0 fully saturated rings. The molecule has 1 heterocycles. The normalized spacial score (nSPS) is 10.6. The Bertz CT molecular complexity index is 671. The van der Waals surface area contributed by atoms with Crippen molar-refractivity contribution < 1.29 is 9.53 Å². The van der Waals surface area contributed by atoms with Crippen LogP contribution in [0.1, 0.15) is 11.3 Å². The van der Waals surface area contributed by atoms with E-state index in [9.17, 15) is 9.59 Å². The molecule has 1 aromatic heterocycles. The van der Waals surface area contributed by atoms with Gasteiger partial charge in [-0.25, -0.2) is 4.68 Å². The maximum atomic E-state index is 12.4. The van der Waals surface area contributed by atoms with Gasteiger partial charge in [0.2, 0.25) is 0 Å². The highest BCUT2D eigenvalue weighted by atomic mass is 16.5. The number of nitrogens with zero attached hydrogens (tertiary/aromatic N) is 2. The second-order valence-electron chi connectivity index (χ2n) is 4.40. The van der Waals surface area contributed by atoms with Crippen molar-refractivity contribution in [3.63, 3.8) is 0 Å². The molecule has 6 heteroatoms. The molecule has 20 heavy (non-hydrogen) atoms. The van der Waals surface area contributed by atoms with Gasteiger partial charge in [-0.2, -0.15) is 0 Å². The van der Waals surface area contributed by atoms with E-state index in [0.29, 0.717) is 5.56 Å². The van der Waals surface area contributed by atoms with Gasteiger partial charge in [0.15, 0.2) is 0 Å². The Hall–Kier alpha value is -2.34. The van der Waals surface area contributed by atoms with Crippen LogP contribution in [0.15, 0.2) is 35.1 Å². The molecule has 0 radical (unpaired) electrons. The summed E-state index contributed by atoms with van der Waals surface area (Å²) in [5, 5.41) is 0. The Balaban J connectivity index is 2.42. The molecule has 6 nitrogen and oxygen atoms in total. The van der Waals surface area contributed by atoms with Gasteiger partial charge in [-0.05, 0) is 19.1 Å². The van der Waals surface area contributed by atoms with Crippen LogP contribution in [0.25, 0.3) is 5.69 Å². The van der Waals surface area contributed by atoms with Gasteiger partial charge in [0.25, 0.3) is 5.56 Å². The zero-order valence-corrected chi connectivity index (χ0v) is 11.5. The molecule has 0 aliphatic carbocycles. The lowest BCUT2D eigenvalue weighted by atomic mass is 10.3. The molecular weight excluding hydrogens is 258 g/mol. The number of carbonyl (C=O) groups is 1. The lowest BCUT2D eigenvalue weighted by Gasteiger charge is -2.07. The van der Waals surface area contributed by atoms with Crippen LogP contribution in [0.4, 0.5) is 0 Å². The summed E-state index contributed by atoms with van der Waals surface area (Å²) in [6.07, 6.45) is 0. The number of esters is 1. The van der Waals surface area contributed by atoms with E-state index in [1.807, 2.05) is 37.3 Å². The van der Waals surface area contributed by atoms with Crippen molar-refractivity contribution >= 4 is 5.97 Å². The number of hydrogen-bond donors (Lipinski definition) is 1. The second-order valence-corrected chi connectivity index (χ2v) is 4.40. The number of carbonyl (C=O) groups excluding carboxylic acids is 1. The van der Waals surface area contributed by atoms with Crippen molar-refractivity contribution in [3.05, 3.63) is 51.9 Å². The van der Waals surface area contributed by atoms with Gasteiger partial charge in [-0.15, -0.1) is 0 Å². The lowest BCUT2D eigenvalue weighted by molar-refractivity contribution is -0.143. The van der Waals surface area contributed by atoms with Crippen LogP contribution >= 0.6 is 0 Å². The van der Waals surface area contributed by atoms with E-state index in [2.05, 4.69) is 0 Å². The van der Waals surface area contributed by atoms with E-state index >= 15 is 0 Å². The fraction of sp³-hybridized carbons (Fsp3) is 0.286. The van der Waals surface area contributed by atoms with Crippen molar-refractivity contribution in [1.29, 1.82) is 0 Å². The summed E-state index contributed by atoms with van der Waals surface area (Å²) in [7, 11) is 1.79. The van der Waals surface area contributed by atoms with E-state index in [4.69, 9.17) is 10.5 Å². The summed E-state index contributed by atoms with van der Waals surface area (Å²) in [5.41, 5.74) is 6.96. The molecule has 0 aliphatic rings. The summed E-state index contributed by atoms with van der Waals surface area (Å²) in [6.45, 7) is 1.56. The van der Waals surface area contributed by atoms with Crippen LogP contribution in [-0.2, 0) is 23.2 Å². The highest BCUT2D eigenvalue weighted by molar-refractivity contribution is 5.71. The van der Waals surface area contributed by atoms with Gasteiger partial charge in [0, 0.05) is 12.7 Å². The highest BCUT2D eigenvalue weighted by Gasteiger charge is 2.17. The summed E-state index contributed by atoms with van der Waals surface area (Å²) < 4.78 is 8.23. The Labute approximate surface area is 116 Å². The summed E-state index contributed by atoms with van der Waals surface area (Å²) in [5.74, 6) is -0.529. The molecule has 0 saturated carbocycles. The molecule has 2 aromatic rings. The van der Waals surface area contributed by atoms with Crippen LogP contribution in [0.5, 0.6) is 0 Å². The van der Waals surface area contributed by atoms with Gasteiger partial charge < -0.3 is 10.5 Å². The van der Waals surface area contributed by atoms with Crippen LogP contribution < -0.4 is 11.3 Å². The molecule has 0 atom stereocenters. The molecule has 0 unspecified atom stereocenters. The van der Waals surface area contributed by atoms with Gasteiger partial charge in [0.1, 0.15) is 6.61 Å². The third-order valence-electron chi connectivity index (χ3n) is 3.22. The Morgan fingerprint density at radius 1 is 1.30 bits per heavy atom. The maximum Gasteiger partial charge on any atom is 0.320 e. The smallest absolute Gasteiger partial charge is 0.320 e. The fourth-order valence-electron chi connectivity index (χ4n) is 2.00. The van der Waals surface area contributed by atoms with E-state index in [0.717, 1.165) is 11.4 Å². The first-order valence-electron chi connectivity index (χ1n) is 6.25. The molecule has 0 amide bonds. The molecule has 2 rings (SSSR count). The quantitative estimate of drug-likeness (QED) is 0.823. The molecule has 0 spiro atoms. The number of rotatable bonds is 4. The molecular formula is C14H17N3O3. The van der Waals surface area contributed by atoms with Crippen LogP contribution in [0.3, 0.4) is 0 Å². The van der Waals surface area contributed by atoms with E-state index in [-0.39, 0.29) is 18.7 Å². The number of para-hydroxylation sites is 1. The van der Waals surface area contributed by atoms with Gasteiger partial charge in [-0.3, -0.25) is 14.3 Å². The number of hydrogen-bond acceptors (Lipinski definition) is 4. The van der Waals surface area contributed by atoms with Crippen molar-refractivity contribution in [2.24, 2.45) is 12.8 Å². The zero-order valence-electron chi connectivity index (χ0n) is 11.5. The molecule has 0 bridgehead atoms. The molecule has 1 aromatic carbocycles. The van der Waals surface area contributed by atoms with Gasteiger partial charge in [-0.1, -0.05) is 18.2 Å². The Morgan fingerprint density at radius 3 is 2.55 bits per heavy atom. The lowest BCUT2D eigenvalue weighted by Crippen LogP contribution is -2.22. The molecule has 0 aliphatic heterocycles. The minimum absolute atomic E-state index is 0.0611. The Kier molecular flexibility index (Phi) is 4.05. The minimum Gasteiger partial charge on any atom is -0.460 e. The van der Waals surface area contributed by atoms with Crippen LogP contribution in [-0.4, -0.2) is 21.9 Å². The van der Waals surface area contributed by atoms with E-state index in [1.165, 1.54) is 0 Å². The van der Waals surface area contributed by atoms with E-state index < -0.39 is 5.97 Å². The van der Waals surface area contributed by atoms with Crippen molar-refractivity contribution in [1.82, 2.24) is 9.36 Å². The average molecular weight is 275 g/mol. The van der Waals surface area contributed by atoms with Gasteiger partial charge >= 0.3 is 5.97 Å². The monoisotopic (exact) mass is 275 g/mol. The summed E-state index contributed by atoms with van der Waals surface area (Å²) in [4.78, 5) is 23.5. The van der Waals surface area contributed by atoms with Gasteiger partial charge in [0.05, 0.1) is 17.8 Å². The summed E-state index contributed by atoms with van der Waals surface area (Å²) >= 11 is 0. The minimum atomic E-state index is -0.529. The first-order chi connectivity index (χ1) is 9.56. The predicted molar refractivity (Wildman–Crippen MR) is 74.6 cm³/mol. The number of ether oxygens (including phenoxy) is 1. The number of nitrogens with two attached hydrogens (primary N) is 1. The van der Waals surface area contributed by atoms with Crippen LogP contribution in [0.2, 0.25) is 0 Å². The largest absolute Gasteiger partial charge is 0.460 e. The highest BCUT2D eigenvalue weighted by Crippen LogP contribution is 2.10. The number of aromatic nitrogens is 2. The van der Waals surface area contributed by atoms with Crippen molar-refractivity contribution in [2.75, 3.05) is 6.54 Å². The fourth-order valence-corrected chi connectivity index (χ4v) is 2.00. The molecule has 2 N–H and O–H groups in total. The standard InChI is InChI=1S/C14H17N3O3/c1-10-12(9-20-13(18)8-15)14(19)17(16(10)2)11-6-4-3-5-7-11/h3-7H,8-9,15H2,1-2H3.